The fraction of sp³-hybridized carbons (Fsp3) is 0.462. The fourth-order valence-electron chi connectivity index (χ4n) is 2.39. The lowest BCUT2D eigenvalue weighted by molar-refractivity contribution is 0.0743. The monoisotopic (exact) mass is 270 g/mol. The van der Waals surface area contributed by atoms with Crippen LogP contribution in [0.5, 0.6) is 0 Å². The van der Waals surface area contributed by atoms with Gasteiger partial charge in [0.1, 0.15) is 5.82 Å². The Bertz CT molecular complexity index is 466. The molecule has 1 aliphatic rings. The molecule has 1 heterocycles. The van der Waals surface area contributed by atoms with Gasteiger partial charge in [-0.3, -0.25) is 4.79 Å². The zero-order chi connectivity index (χ0) is 13.3. The Hall–Kier alpha value is -1.13. The largest absolute Gasteiger partial charge is 0.336 e. The summed E-state index contributed by atoms with van der Waals surface area (Å²) in [7, 11) is 0. The third-order valence-corrected chi connectivity index (χ3v) is 3.71. The maximum atomic E-state index is 13.1. The van der Waals surface area contributed by atoms with E-state index in [2.05, 4.69) is 0 Å². The number of likely N-dealkylation sites (tertiary alicyclic amines) is 1. The maximum Gasteiger partial charge on any atom is 0.254 e. The van der Waals surface area contributed by atoms with Crippen molar-refractivity contribution < 1.29 is 9.18 Å². The highest BCUT2D eigenvalue weighted by Crippen LogP contribution is 2.25. The van der Waals surface area contributed by atoms with Crippen molar-refractivity contribution in [3.63, 3.8) is 0 Å². The van der Waals surface area contributed by atoms with Crippen molar-refractivity contribution in [2.45, 2.75) is 19.4 Å². The van der Waals surface area contributed by atoms with Crippen LogP contribution in [0.15, 0.2) is 18.2 Å². The number of carbonyl (C=O) groups is 1. The topological polar surface area (TPSA) is 46.3 Å². The predicted molar refractivity (Wildman–Crippen MR) is 69.1 cm³/mol. The molecule has 2 N–H and O–H groups in total. The third-order valence-electron chi connectivity index (χ3n) is 3.42. The molecule has 1 aromatic carbocycles. The Morgan fingerprint density at radius 3 is 2.89 bits per heavy atom. The van der Waals surface area contributed by atoms with Gasteiger partial charge in [0.25, 0.3) is 5.91 Å². The molecule has 3 nitrogen and oxygen atoms in total. The third kappa shape index (κ3) is 2.49. The number of halogens is 2. The standard InChI is InChI=1S/C13H16ClFN2O/c1-8-4-9(6-16)7-17(8)13(18)10-2-3-12(15)11(14)5-10/h2-3,5,8-9H,4,6-7,16H2,1H3. The molecule has 0 bridgehead atoms. The van der Waals surface area contributed by atoms with Crippen molar-refractivity contribution in [3.8, 4) is 0 Å². The Balaban J connectivity index is 2.18. The Kier molecular flexibility index (Phi) is 3.88. The highest BCUT2D eigenvalue weighted by molar-refractivity contribution is 6.31. The minimum Gasteiger partial charge on any atom is -0.336 e. The van der Waals surface area contributed by atoms with Gasteiger partial charge in [-0.05, 0) is 44.0 Å². The van der Waals surface area contributed by atoms with E-state index in [4.69, 9.17) is 17.3 Å². The molecule has 0 radical (unpaired) electrons. The first-order valence-electron chi connectivity index (χ1n) is 5.99. The molecule has 5 heteroatoms. The SMILES string of the molecule is CC1CC(CN)CN1C(=O)c1ccc(F)c(Cl)c1. The first-order valence-corrected chi connectivity index (χ1v) is 6.36. The minimum atomic E-state index is -0.512. The van der Waals surface area contributed by atoms with E-state index < -0.39 is 5.82 Å². The van der Waals surface area contributed by atoms with E-state index in [1.165, 1.54) is 18.2 Å². The molecular weight excluding hydrogens is 255 g/mol. The van der Waals surface area contributed by atoms with Crippen molar-refractivity contribution in [1.82, 2.24) is 4.90 Å². The summed E-state index contributed by atoms with van der Waals surface area (Å²) in [4.78, 5) is 14.1. The molecule has 0 spiro atoms. The lowest BCUT2D eigenvalue weighted by atomic mass is 10.1. The highest BCUT2D eigenvalue weighted by Gasteiger charge is 2.32. The second-order valence-corrected chi connectivity index (χ2v) is 5.18. The summed E-state index contributed by atoms with van der Waals surface area (Å²) in [5.74, 6) is -0.275. The van der Waals surface area contributed by atoms with Crippen LogP contribution >= 0.6 is 11.6 Å². The fourth-order valence-corrected chi connectivity index (χ4v) is 2.57. The summed E-state index contributed by atoms with van der Waals surface area (Å²) < 4.78 is 13.1. The first kappa shape index (κ1) is 13.3. The molecule has 1 aromatic rings. The van der Waals surface area contributed by atoms with Crippen molar-refractivity contribution >= 4 is 17.5 Å². The van der Waals surface area contributed by atoms with Gasteiger partial charge in [0.15, 0.2) is 0 Å². The van der Waals surface area contributed by atoms with Crippen LogP contribution in [0.3, 0.4) is 0 Å². The van der Waals surface area contributed by atoms with Crippen molar-refractivity contribution in [3.05, 3.63) is 34.6 Å². The number of nitrogens with zero attached hydrogens (tertiary/aromatic N) is 1. The summed E-state index contributed by atoms with van der Waals surface area (Å²) in [6.45, 7) is 3.24. The van der Waals surface area contributed by atoms with Crippen LogP contribution < -0.4 is 5.73 Å². The van der Waals surface area contributed by atoms with Gasteiger partial charge in [-0.2, -0.15) is 0 Å². The Labute approximate surface area is 111 Å². The lowest BCUT2D eigenvalue weighted by Gasteiger charge is -2.21. The average Bonchev–Trinajstić information content (AvgIpc) is 2.73. The molecular formula is C13H16ClFN2O. The summed E-state index contributed by atoms with van der Waals surface area (Å²) in [5, 5.41) is -0.0249. The van der Waals surface area contributed by atoms with Crippen LogP contribution in [0.4, 0.5) is 4.39 Å². The number of carbonyl (C=O) groups excluding carboxylic acids is 1. The molecule has 18 heavy (non-hydrogen) atoms. The molecule has 0 aliphatic carbocycles. The number of nitrogens with two attached hydrogens (primary N) is 1. The molecule has 1 fully saturated rings. The van der Waals surface area contributed by atoms with E-state index in [1.807, 2.05) is 6.92 Å². The average molecular weight is 271 g/mol. The molecule has 2 rings (SSSR count). The van der Waals surface area contributed by atoms with Crippen molar-refractivity contribution in [2.24, 2.45) is 11.7 Å². The smallest absolute Gasteiger partial charge is 0.254 e. The molecule has 1 saturated heterocycles. The van der Waals surface area contributed by atoms with Crippen LogP contribution in [0.2, 0.25) is 5.02 Å². The van der Waals surface area contributed by atoms with Crippen LogP contribution in [-0.4, -0.2) is 29.9 Å². The predicted octanol–water partition coefficient (Wildman–Crippen LogP) is 2.29. The number of hydrogen-bond donors (Lipinski definition) is 1. The molecule has 0 aromatic heterocycles. The molecule has 0 saturated carbocycles. The summed E-state index contributed by atoms with van der Waals surface area (Å²) >= 11 is 5.69. The summed E-state index contributed by atoms with van der Waals surface area (Å²) in [6.07, 6.45) is 0.914. The zero-order valence-electron chi connectivity index (χ0n) is 10.2. The van der Waals surface area contributed by atoms with Gasteiger partial charge < -0.3 is 10.6 Å². The van der Waals surface area contributed by atoms with Crippen LogP contribution in [0, 0.1) is 11.7 Å². The van der Waals surface area contributed by atoms with Gasteiger partial charge in [0.05, 0.1) is 5.02 Å². The van der Waals surface area contributed by atoms with Gasteiger partial charge in [-0.1, -0.05) is 11.6 Å². The van der Waals surface area contributed by atoms with Crippen LogP contribution in [-0.2, 0) is 0 Å². The summed E-state index contributed by atoms with van der Waals surface area (Å²) in [6, 6.07) is 4.22. The number of rotatable bonds is 2. The Morgan fingerprint density at radius 1 is 1.61 bits per heavy atom. The lowest BCUT2D eigenvalue weighted by Crippen LogP contribution is -2.34. The van der Waals surface area contributed by atoms with E-state index in [0.29, 0.717) is 24.6 Å². The van der Waals surface area contributed by atoms with Gasteiger partial charge in [0.2, 0.25) is 0 Å². The van der Waals surface area contributed by atoms with E-state index in [0.717, 1.165) is 6.42 Å². The van der Waals surface area contributed by atoms with Crippen LogP contribution in [0.1, 0.15) is 23.7 Å². The maximum absolute atomic E-state index is 13.1. The second-order valence-electron chi connectivity index (χ2n) is 4.77. The quantitative estimate of drug-likeness (QED) is 0.896. The normalized spacial score (nSPS) is 23.4. The van der Waals surface area contributed by atoms with E-state index in [1.54, 1.807) is 4.90 Å². The van der Waals surface area contributed by atoms with Crippen molar-refractivity contribution in [1.29, 1.82) is 0 Å². The molecule has 1 aliphatic heterocycles. The van der Waals surface area contributed by atoms with Crippen molar-refractivity contribution in [2.75, 3.05) is 13.1 Å². The van der Waals surface area contributed by atoms with Crippen LogP contribution in [0.25, 0.3) is 0 Å². The number of benzene rings is 1. The highest BCUT2D eigenvalue weighted by atomic mass is 35.5. The summed E-state index contributed by atoms with van der Waals surface area (Å²) in [5.41, 5.74) is 6.05. The molecule has 2 atom stereocenters. The van der Waals surface area contributed by atoms with E-state index in [9.17, 15) is 9.18 Å². The number of amides is 1. The first-order chi connectivity index (χ1) is 8.52. The van der Waals surface area contributed by atoms with Gasteiger partial charge >= 0.3 is 0 Å². The molecule has 98 valence electrons. The van der Waals surface area contributed by atoms with Gasteiger partial charge in [-0.15, -0.1) is 0 Å². The van der Waals surface area contributed by atoms with Gasteiger partial charge in [-0.25, -0.2) is 4.39 Å². The van der Waals surface area contributed by atoms with E-state index in [-0.39, 0.29) is 17.0 Å². The molecule has 1 amide bonds. The molecule has 2 unspecified atom stereocenters. The Morgan fingerprint density at radius 2 is 2.33 bits per heavy atom. The number of hydrogen-bond acceptors (Lipinski definition) is 2. The van der Waals surface area contributed by atoms with E-state index >= 15 is 0 Å². The zero-order valence-corrected chi connectivity index (χ0v) is 11.0. The minimum absolute atomic E-state index is 0.0249. The van der Waals surface area contributed by atoms with Gasteiger partial charge in [0, 0.05) is 18.2 Å². The second kappa shape index (κ2) is 5.24.